The molecule has 6 heterocycles. The summed E-state index contributed by atoms with van der Waals surface area (Å²) in [4.78, 5) is 15.5. The van der Waals surface area contributed by atoms with Crippen molar-refractivity contribution in [2.24, 2.45) is 0 Å². The van der Waals surface area contributed by atoms with Crippen molar-refractivity contribution in [3.63, 3.8) is 0 Å². The molecule has 2 aliphatic rings. The molecule has 2 bridgehead atoms. The second-order valence-electron chi connectivity index (χ2n) is 10.1. The van der Waals surface area contributed by atoms with Gasteiger partial charge in [0.1, 0.15) is 11.7 Å². The van der Waals surface area contributed by atoms with E-state index in [0.29, 0.717) is 16.9 Å². The number of aromatic nitrogens is 4. The molecule has 1 N–H and O–H groups in total. The lowest BCUT2D eigenvalue weighted by molar-refractivity contribution is 0.0862. The van der Waals surface area contributed by atoms with E-state index in [9.17, 15) is 4.39 Å². The van der Waals surface area contributed by atoms with Crippen LogP contribution in [0.2, 0.25) is 0 Å². The molecule has 0 amide bonds. The minimum absolute atomic E-state index is 0. The van der Waals surface area contributed by atoms with Crippen molar-refractivity contribution < 1.29 is 8.78 Å². The summed E-state index contributed by atoms with van der Waals surface area (Å²) in [6.07, 6.45) is 6.93. The van der Waals surface area contributed by atoms with E-state index in [2.05, 4.69) is 22.2 Å². The second kappa shape index (κ2) is 8.80. The molecule has 2 aliphatic heterocycles. The Morgan fingerprint density at radius 3 is 2.71 bits per heavy atom. The minimum Gasteiger partial charge on any atom is -0.345 e. The van der Waals surface area contributed by atoms with Crippen molar-refractivity contribution in [1.29, 1.82) is 0 Å². The molecule has 188 valence electrons. The maximum Gasteiger partial charge on any atom is 0.186 e. The maximum atomic E-state index is 15.6. The Balaban J connectivity index is 0.00000144. The quantitative estimate of drug-likeness (QED) is 0.358. The molecule has 35 heavy (non-hydrogen) atoms. The van der Waals surface area contributed by atoms with Crippen LogP contribution < -0.4 is 10.2 Å². The Bertz CT molecular complexity index is 1410. The molecule has 4 aromatic rings. The van der Waals surface area contributed by atoms with Gasteiger partial charge >= 0.3 is 0 Å². The van der Waals surface area contributed by atoms with Crippen molar-refractivity contribution in [1.82, 2.24) is 24.7 Å². The van der Waals surface area contributed by atoms with Crippen molar-refractivity contribution in [3.05, 3.63) is 42.2 Å². The monoisotopic (exact) mass is 540 g/mol. The molecule has 4 aromatic heterocycles. The highest BCUT2D eigenvalue weighted by atomic mass is 35.5. The summed E-state index contributed by atoms with van der Waals surface area (Å²) in [6.45, 7) is 6.02. The molecular formula is C24H28Cl2F2N6S. The average Bonchev–Trinajstić information content (AvgIpc) is 3.44. The Hall–Kier alpha value is -2.07. The zero-order chi connectivity index (χ0) is 23.1. The lowest BCUT2D eigenvalue weighted by Crippen LogP contribution is -2.65. The molecule has 0 saturated carbocycles. The van der Waals surface area contributed by atoms with E-state index in [1.54, 1.807) is 16.8 Å². The third-order valence-electron chi connectivity index (χ3n) is 7.37. The van der Waals surface area contributed by atoms with Gasteiger partial charge in [0.15, 0.2) is 16.6 Å². The molecule has 6 nitrogen and oxygen atoms in total. The van der Waals surface area contributed by atoms with Crippen LogP contribution in [0.5, 0.6) is 0 Å². The first-order valence-electron chi connectivity index (χ1n) is 11.2. The van der Waals surface area contributed by atoms with E-state index in [-0.39, 0.29) is 42.2 Å². The van der Waals surface area contributed by atoms with E-state index in [4.69, 9.17) is 4.98 Å². The van der Waals surface area contributed by atoms with Crippen LogP contribution in [-0.2, 0) is 0 Å². The first-order valence-corrected chi connectivity index (χ1v) is 12.0. The Morgan fingerprint density at radius 1 is 1.17 bits per heavy atom. The highest BCUT2D eigenvalue weighted by molar-refractivity contribution is 7.22. The highest BCUT2D eigenvalue weighted by Crippen LogP contribution is 2.46. The highest BCUT2D eigenvalue weighted by Gasteiger charge is 2.56. The molecule has 0 spiro atoms. The van der Waals surface area contributed by atoms with Crippen molar-refractivity contribution >= 4 is 57.1 Å². The lowest BCUT2D eigenvalue weighted by atomic mass is 9.82. The van der Waals surface area contributed by atoms with Crippen LogP contribution in [0.3, 0.4) is 0 Å². The van der Waals surface area contributed by atoms with Crippen LogP contribution in [0.4, 0.5) is 13.9 Å². The fourth-order valence-corrected chi connectivity index (χ4v) is 6.62. The summed E-state index contributed by atoms with van der Waals surface area (Å²) < 4.78 is 32.8. The van der Waals surface area contributed by atoms with E-state index in [1.807, 2.05) is 38.1 Å². The number of nitrogens with one attached hydrogen (secondary N) is 1. The number of alkyl halides is 1. The largest absolute Gasteiger partial charge is 0.345 e. The third kappa shape index (κ3) is 4.16. The van der Waals surface area contributed by atoms with Gasteiger partial charge in [-0.15, -0.1) is 24.8 Å². The number of pyridine rings is 2. The molecule has 4 atom stereocenters. The number of thiazole rings is 1. The van der Waals surface area contributed by atoms with E-state index in [0.717, 1.165) is 40.3 Å². The lowest BCUT2D eigenvalue weighted by Gasteiger charge is -2.47. The Labute approximate surface area is 219 Å². The van der Waals surface area contributed by atoms with E-state index >= 15 is 4.39 Å². The standard InChI is InChI=1S/C24H26F2N6S.2ClH/c1-13-11-32-12-14(7-15(25)21(32)28-13)16-8-19-17(10-27-16)29-22(33-19)31(4)18-9-23(2)5-6-24(3,30-23)20(18)26;;/h7-8,10-12,18,20,30H,5-6,9H2,1-4H3;2*1H/t18-,20-,23-,24+;;/m0../s1. The number of hydrogen-bond acceptors (Lipinski definition) is 6. The van der Waals surface area contributed by atoms with Crippen molar-refractivity contribution in [3.8, 4) is 11.3 Å². The molecule has 2 saturated heterocycles. The average molecular weight is 541 g/mol. The van der Waals surface area contributed by atoms with Gasteiger partial charge in [-0.1, -0.05) is 11.3 Å². The van der Waals surface area contributed by atoms with Crippen LogP contribution >= 0.6 is 36.2 Å². The molecule has 0 unspecified atom stereocenters. The molecule has 0 aliphatic carbocycles. The van der Waals surface area contributed by atoms with Crippen LogP contribution in [-0.4, -0.2) is 49.7 Å². The number of halogens is 4. The normalized spacial score (nSPS) is 27.6. The first-order chi connectivity index (χ1) is 15.6. The maximum absolute atomic E-state index is 15.6. The Morgan fingerprint density at radius 2 is 1.94 bits per heavy atom. The minimum atomic E-state index is -0.980. The molecule has 6 rings (SSSR count). The number of anilines is 1. The van der Waals surface area contributed by atoms with Gasteiger partial charge in [-0.25, -0.2) is 18.7 Å². The predicted octanol–water partition coefficient (Wildman–Crippen LogP) is 5.74. The number of imidazole rings is 1. The summed E-state index contributed by atoms with van der Waals surface area (Å²) in [5.41, 5.74) is 2.61. The number of piperidine rings is 1. The van der Waals surface area contributed by atoms with Gasteiger partial charge in [-0.3, -0.25) is 4.98 Å². The molecule has 0 radical (unpaired) electrons. The summed E-state index contributed by atoms with van der Waals surface area (Å²) in [5, 5.41) is 4.31. The zero-order valence-corrected chi connectivity index (χ0v) is 22.3. The van der Waals surface area contributed by atoms with E-state index < -0.39 is 11.7 Å². The first kappa shape index (κ1) is 26.0. The third-order valence-corrected chi connectivity index (χ3v) is 8.48. The fourth-order valence-electron chi connectivity index (χ4n) is 5.62. The Kier molecular flexibility index (Phi) is 6.54. The summed E-state index contributed by atoms with van der Waals surface area (Å²) in [5.74, 6) is -0.385. The van der Waals surface area contributed by atoms with Crippen molar-refractivity contribution in [2.75, 3.05) is 11.9 Å². The van der Waals surface area contributed by atoms with Gasteiger partial charge in [0.25, 0.3) is 0 Å². The van der Waals surface area contributed by atoms with Gasteiger partial charge in [0.05, 0.1) is 28.3 Å². The topological polar surface area (TPSA) is 58.4 Å². The van der Waals surface area contributed by atoms with Gasteiger partial charge in [0, 0.05) is 36.1 Å². The predicted molar refractivity (Wildman–Crippen MR) is 142 cm³/mol. The van der Waals surface area contributed by atoms with Gasteiger partial charge in [0.2, 0.25) is 0 Å². The SMILES string of the molecule is Cc1cn2cc(-c3cc4sc(N(C)[C@H]5C[C@]6(C)CC[C@@](C)(N6)[C@H]5F)nc4cn3)cc(F)c2n1.Cl.Cl. The van der Waals surface area contributed by atoms with Crippen LogP contribution in [0.25, 0.3) is 27.1 Å². The van der Waals surface area contributed by atoms with Crippen LogP contribution in [0.1, 0.15) is 38.8 Å². The van der Waals surface area contributed by atoms with Crippen molar-refractivity contribution in [2.45, 2.75) is 63.3 Å². The molecule has 0 aromatic carbocycles. The number of nitrogens with zero attached hydrogens (tertiary/aromatic N) is 5. The van der Waals surface area contributed by atoms with Gasteiger partial charge in [-0.05, 0) is 52.2 Å². The summed E-state index contributed by atoms with van der Waals surface area (Å²) in [6, 6.07) is 3.15. The smallest absolute Gasteiger partial charge is 0.186 e. The van der Waals surface area contributed by atoms with Gasteiger partial charge < -0.3 is 14.6 Å². The van der Waals surface area contributed by atoms with E-state index in [1.165, 1.54) is 17.4 Å². The molecular weight excluding hydrogens is 513 g/mol. The molecule has 2 fully saturated rings. The molecule has 11 heteroatoms. The van der Waals surface area contributed by atoms with Gasteiger partial charge in [-0.2, -0.15) is 0 Å². The number of aryl methyl sites for hydroxylation is 1. The number of rotatable bonds is 3. The number of fused-ring (bicyclic) bond motifs is 4. The summed E-state index contributed by atoms with van der Waals surface area (Å²) in [7, 11) is 1.94. The van der Waals surface area contributed by atoms with Crippen LogP contribution in [0, 0.1) is 12.7 Å². The fraction of sp³-hybridized carbons (Fsp3) is 0.458. The van der Waals surface area contributed by atoms with Crippen LogP contribution in [0.15, 0.2) is 30.7 Å². The summed E-state index contributed by atoms with van der Waals surface area (Å²) >= 11 is 1.52. The number of hydrogen-bond donors (Lipinski definition) is 1. The zero-order valence-electron chi connectivity index (χ0n) is 19.9. The second-order valence-corrected chi connectivity index (χ2v) is 11.1.